The van der Waals surface area contributed by atoms with Gasteiger partial charge in [-0.3, -0.25) is 48.1 Å². The predicted molar refractivity (Wildman–Crippen MR) is 450 cm³/mol. The number of likely N-dealkylation sites (N-methyl/N-ethyl adjacent to an activating group) is 2. The second kappa shape index (κ2) is 51.6. The van der Waals surface area contributed by atoms with Crippen LogP contribution in [0.1, 0.15) is 182 Å². The molecule has 0 radical (unpaired) electrons. The highest BCUT2D eigenvalue weighted by Gasteiger charge is 2.44. The second-order valence-electron chi connectivity index (χ2n) is 31.8. The summed E-state index contributed by atoms with van der Waals surface area (Å²) in [6.07, 6.45) is 3.11. The largest absolute Gasteiger partial charge is 0.481 e. The summed E-state index contributed by atoms with van der Waals surface area (Å²) in [5.41, 5.74) is 7.70. The molecule has 1 aliphatic heterocycles. The summed E-state index contributed by atoms with van der Waals surface area (Å²) in [7, 11) is 8.84. The number of aliphatic hydroxyl groups excluding tert-OH is 1. The number of carboxylic acids is 3. The van der Waals surface area contributed by atoms with E-state index in [1.165, 1.54) is 47.8 Å². The molecule has 658 valence electrons. The van der Waals surface area contributed by atoms with E-state index >= 15 is 0 Å². The zero-order valence-corrected chi connectivity index (χ0v) is 72.2. The molecular formula is C84H130N12O20S2. The van der Waals surface area contributed by atoms with Gasteiger partial charge in [-0.25, -0.2) is 19.2 Å². The van der Waals surface area contributed by atoms with Crippen LogP contribution in [0.25, 0.3) is 10.8 Å². The molecule has 5 rings (SSSR count). The molecule has 1 heterocycles. The first kappa shape index (κ1) is 99.7. The van der Waals surface area contributed by atoms with Crippen molar-refractivity contribution in [3.63, 3.8) is 0 Å². The molecular weight excluding hydrogens is 1560 g/mol. The van der Waals surface area contributed by atoms with Crippen molar-refractivity contribution in [2.45, 2.75) is 244 Å². The van der Waals surface area contributed by atoms with Gasteiger partial charge < -0.3 is 92.7 Å². The Labute approximate surface area is 701 Å². The van der Waals surface area contributed by atoms with E-state index in [2.05, 4.69) is 42.5 Å². The molecule has 2 aliphatic rings. The molecule has 34 heteroatoms. The zero-order valence-electron chi connectivity index (χ0n) is 70.6. The number of likely N-dealkylation sites (tertiary alicyclic amines) is 1. The molecule has 1 saturated carbocycles. The Hall–Kier alpha value is -8.83. The van der Waals surface area contributed by atoms with Crippen molar-refractivity contribution >= 4 is 110 Å². The van der Waals surface area contributed by atoms with Gasteiger partial charge in [0.15, 0.2) is 0 Å². The number of hydrogen-bond acceptors (Lipinski definition) is 20. The maximum Gasteiger partial charge on any atom is 0.410 e. The third kappa shape index (κ3) is 32.4. The number of urea groups is 1. The fraction of sp³-hybridized carbons (Fsp3) is 0.655. The van der Waals surface area contributed by atoms with E-state index in [9.17, 15) is 77.6 Å². The van der Waals surface area contributed by atoms with Gasteiger partial charge in [-0.15, -0.1) is 0 Å². The first-order valence-corrected chi connectivity index (χ1v) is 43.8. The normalized spacial score (nSPS) is 18.1. The third-order valence-corrected chi connectivity index (χ3v) is 24.7. The molecule has 2 fully saturated rings. The molecule has 14 N–H and O–H groups in total. The molecule has 1 saturated heterocycles. The lowest BCUT2D eigenvalue weighted by Gasteiger charge is -2.41. The Kier molecular flexibility index (Phi) is 43.6. The predicted octanol–water partition coefficient (Wildman–Crippen LogP) is 6.92. The number of methoxy groups -OCH3 is 2. The number of benzene rings is 3. The van der Waals surface area contributed by atoms with Crippen molar-refractivity contribution in [1.82, 2.24) is 57.2 Å². The number of nitrogens with one attached hydrogen (secondary N) is 8. The molecule has 32 nitrogen and oxygen atoms in total. The summed E-state index contributed by atoms with van der Waals surface area (Å²) in [6, 6.07) is 13.1. The van der Waals surface area contributed by atoms with Crippen LogP contribution in [-0.4, -0.2) is 252 Å². The van der Waals surface area contributed by atoms with E-state index in [0.29, 0.717) is 108 Å². The Morgan fingerprint density at radius 2 is 1.27 bits per heavy atom. The Balaban J connectivity index is 0.975. The smallest absolute Gasteiger partial charge is 0.410 e. The molecule has 3 aromatic carbocycles. The summed E-state index contributed by atoms with van der Waals surface area (Å²) in [4.78, 5) is 176. The van der Waals surface area contributed by atoms with Gasteiger partial charge in [0.05, 0.1) is 54.8 Å². The second-order valence-corrected chi connectivity index (χ2v) is 34.4. The Bertz CT molecular complexity index is 3750. The van der Waals surface area contributed by atoms with Crippen molar-refractivity contribution in [3.8, 4) is 0 Å². The molecule has 0 spiro atoms. The van der Waals surface area contributed by atoms with Crippen molar-refractivity contribution in [2.24, 2.45) is 41.2 Å². The number of unbranched alkanes of at least 4 members (excludes halogenated alkanes) is 3. The number of aliphatic hydroxyl groups is 1. The lowest BCUT2D eigenvalue weighted by molar-refractivity contribution is -0.148. The van der Waals surface area contributed by atoms with Crippen LogP contribution < -0.4 is 48.3 Å². The molecule has 14 atom stereocenters. The average molecular weight is 1690 g/mol. The summed E-state index contributed by atoms with van der Waals surface area (Å²) in [5.74, 6) is -7.99. The lowest BCUT2D eigenvalue weighted by Crippen LogP contribution is -2.60. The van der Waals surface area contributed by atoms with E-state index in [1.54, 1.807) is 56.7 Å². The maximum atomic E-state index is 14.8. The van der Waals surface area contributed by atoms with Gasteiger partial charge in [-0.2, -0.15) is 0 Å². The molecule has 11 amide bonds. The van der Waals surface area contributed by atoms with Crippen LogP contribution in [0.2, 0.25) is 0 Å². The SMILES string of the molecule is CC[C@H](C)[C@@H]([C@@H](CC(=O)N1CCC[C@H]1[C@H](OC)[C@@H](C)C(=O)N[C@H](C)[C@@H](O)c1ccccc1)OC)N(C)C(=O)[C@@H](NC(=O)[C@H](C(C)C)N(C)C(=O)OCCSSC[C@H](N)C(=O)NCCCCCC(=O)NCC1CCC(C(=O)N[C@@H](Cc2ccc3ccccc3c2)C(=O)NCCCC[C@H](NC(=O)N[C@@H](CCC(=O)O)C(=O)O)C(=O)O)CC1)C(C)C. The van der Waals surface area contributed by atoms with Crippen LogP contribution >= 0.6 is 21.6 Å². The summed E-state index contributed by atoms with van der Waals surface area (Å²) < 4.78 is 17.7. The van der Waals surface area contributed by atoms with Crippen molar-refractivity contribution in [2.75, 3.05) is 72.6 Å². The number of ether oxygens (including phenoxy) is 3. The number of nitrogens with zero attached hydrogens (tertiary/aromatic N) is 3. The van der Waals surface area contributed by atoms with Gasteiger partial charge in [0.1, 0.15) is 36.8 Å². The van der Waals surface area contributed by atoms with E-state index in [4.69, 9.17) is 25.1 Å². The number of carboxylic acid groups (broad SMARTS) is 3. The molecule has 0 bridgehead atoms. The van der Waals surface area contributed by atoms with Crippen LogP contribution in [0.4, 0.5) is 9.59 Å². The van der Waals surface area contributed by atoms with Gasteiger partial charge in [0.25, 0.3) is 0 Å². The fourth-order valence-corrected chi connectivity index (χ4v) is 17.1. The first-order valence-electron chi connectivity index (χ1n) is 41.3. The van der Waals surface area contributed by atoms with E-state index < -0.39 is 151 Å². The summed E-state index contributed by atoms with van der Waals surface area (Å²) in [5, 5.41) is 62.9. The van der Waals surface area contributed by atoms with Crippen LogP contribution in [-0.2, 0) is 73.4 Å². The molecule has 118 heavy (non-hydrogen) atoms. The monoisotopic (exact) mass is 1690 g/mol. The van der Waals surface area contributed by atoms with Gasteiger partial charge >= 0.3 is 30.0 Å². The van der Waals surface area contributed by atoms with Gasteiger partial charge in [-0.05, 0) is 130 Å². The Morgan fingerprint density at radius 1 is 0.636 bits per heavy atom. The highest BCUT2D eigenvalue weighted by atomic mass is 33.1. The lowest BCUT2D eigenvalue weighted by atomic mass is 9.81. The number of fused-ring (bicyclic) bond motifs is 1. The van der Waals surface area contributed by atoms with Gasteiger partial charge in [0, 0.05) is 91.2 Å². The van der Waals surface area contributed by atoms with Crippen LogP contribution in [0, 0.1) is 35.5 Å². The minimum Gasteiger partial charge on any atom is -0.481 e. The number of amides is 11. The fourth-order valence-electron chi connectivity index (χ4n) is 15.2. The Morgan fingerprint density at radius 3 is 1.89 bits per heavy atom. The van der Waals surface area contributed by atoms with Gasteiger partial charge in [-0.1, -0.05) is 156 Å². The number of carbonyl (C=O) groups excluding carboxylic acids is 10. The maximum absolute atomic E-state index is 14.8. The molecule has 3 aromatic rings. The zero-order chi connectivity index (χ0) is 87.3. The summed E-state index contributed by atoms with van der Waals surface area (Å²) in [6.45, 7) is 16.0. The molecule has 1 aliphatic carbocycles. The third-order valence-electron chi connectivity index (χ3n) is 22.3. The van der Waals surface area contributed by atoms with Gasteiger partial charge in [0.2, 0.25) is 47.3 Å². The van der Waals surface area contributed by atoms with Crippen LogP contribution in [0.5, 0.6) is 0 Å². The number of aliphatic carboxylic acids is 3. The van der Waals surface area contributed by atoms with Crippen molar-refractivity contribution in [1.29, 1.82) is 0 Å². The minimum atomic E-state index is -1.55. The molecule has 0 aromatic heterocycles. The topological polar surface area (TPSA) is 462 Å². The number of hydrogen-bond donors (Lipinski definition) is 13. The molecule has 0 unspecified atom stereocenters. The number of rotatable bonds is 52. The van der Waals surface area contributed by atoms with E-state index in [-0.39, 0.29) is 91.9 Å². The van der Waals surface area contributed by atoms with Crippen molar-refractivity contribution in [3.05, 3.63) is 83.9 Å². The number of carbonyl (C=O) groups is 13. The highest BCUT2D eigenvalue weighted by molar-refractivity contribution is 8.76. The number of nitrogens with two attached hydrogens (primary N) is 1. The van der Waals surface area contributed by atoms with Crippen molar-refractivity contribution < 1.29 is 97.0 Å². The average Bonchev–Trinajstić information content (AvgIpc) is 1.67. The minimum absolute atomic E-state index is 0.0114. The van der Waals surface area contributed by atoms with E-state index in [1.807, 2.05) is 88.4 Å². The van der Waals surface area contributed by atoms with Crippen LogP contribution in [0.15, 0.2) is 72.8 Å². The standard InChI is InChI=1S/C84H130N12O20S2/c1-13-52(6)72(66(114-11)47-68(98)96-42-24-30-65(96)74(115-12)53(7)75(102)89-54(8)73(101)58-26-16-14-17-27-58)94(9)80(107)70(50(2)3)93-79(106)71(51(4)5)95(10)84(113)116-43-44-117-118-49-61(85)77(104)86-40-22-15-18-31-67(97)88-48-55-32-36-59(37-33-55)76(103)90-64(46-56-34-35-57-25-19-20-28-60(57)45-56)78(105)87-41-23-21-29-62(81(108)109)91-83(112)92-63(82(110)111)38-39-69(99)100/h14,16-17,19-20,25-28,34-35,45,50-55,59,61-66,70-74,101H,13,15,18,21-24,29-33,36-44,46-49,85H2,1-12H3,(H,86,104)(H,87,105)(H,88,97)(H,89,102)(H,90,103)(H,93,106)(H,99,100)(H,108,109)(H,110,111)(H2,91,92,112)/t52-,53+,54+,55?,59?,61-,62-,63-,64-,65-,66+,70-,71-,72-,73+,74+/m0/s1. The van der Waals surface area contributed by atoms with Crippen LogP contribution in [0.3, 0.4) is 0 Å². The van der Waals surface area contributed by atoms with E-state index in [0.717, 1.165) is 16.3 Å². The first-order chi connectivity index (χ1) is 56.1. The highest BCUT2D eigenvalue weighted by Crippen LogP contribution is 2.33. The summed E-state index contributed by atoms with van der Waals surface area (Å²) >= 11 is 0. The quantitative estimate of drug-likeness (QED) is 0.0201.